The van der Waals surface area contributed by atoms with Crippen LogP contribution in [0.5, 0.6) is 5.75 Å². The molecular weight excluding hydrogens is 200 g/mol. The summed E-state index contributed by atoms with van der Waals surface area (Å²) >= 11 is 0. The van der Waals surface area contributed by atoms with Gasteiger partial charge in [-0.2, -0.15) is 5.26 Å². The topological polar surface area (TPSA) is 45.0 Å². The molecule has 1 atom stereocenters. The van der Waals surface area contributed by atoms with Crippen LogP contribution in [0.3, 0.4) is 0 Å². The Balaban J connectivity index is 2.43. The SMILES string of the molecule is C#CCNC1(C#N)CCOc2ccccc21. The number of para-hydroxylation sites is 1. The molecular formula is C13H12N2O. The average Bonchev–Trinajstić information content (AvgIpc) is 2.36. The fraction of sp³-hybridized carbons (Fsp3) is 0.308. The Morgan fingerprint density at radius 3 is 3.06 bits per heavy atom. The van der Waals surface area contributed by atoms with Crippen molar-refractivity contribution in [3.05, 3.63) is 29.8 Å². The number of terminal acetylenes is 1. The second kappa shape index (κ2) is 4.26. The summed E-state index contributed by atoms with van der Waals surface area (Å²) < 4.78 is 5.52. The molecule has 1 heterocycles. The van der Waals surface area contributed by atoms with Crippen LogP contribution in [0.2, 0.25) is 0 Å². The molecule has 0 saturated carbocycles. The maximum atomic E-state index is 9.38. The average molecular weight is 212 g/mol. The fourth-order valence-electron chi connectivity index (χ4n) is 1.94. The zero-order chi connectivity index (χ0) is 11.4. The second-order valence-electron chi connectivity index (χ2n) is 3.67. The van der Waals surface area contributed by atoms with Crippen molar-refractivity contribution in [2.75, 3.05) is 13.2 Å². The quantitative estimate of drug-likeness (QED) is 0.754. The molecule has 0 amide bonds. The van der Waals surface area contributed by atoms with E-state index in [0.29, 0.717) is 19.6 Å². The van der Waals surface area contributed by atoms with Gasteiger partial charge in [-0.1, -0.05) is 24.1 Å². The van der Waals surface area contributed by atoms with E-state index in [1.807, 2.05) is 24.3 Å². The van der Waals surface area contributed by atoms with E-state index in [9.17, 15) is 5.26 Å². The van der Waals surface area contributed by atoms with Crippen LogP contribution in [0.15, 0.2) is 24.3 Å². The van der Waals surface area contributed by atoms with Crippen molar-refractivity contribution in [2.24, 2.45) is 0 Å². The molecule has 1 aliphatic heterocycles. The number of hydrogen-bond donors (Lipinski definition) is 1. The highest BCUT2D eigenvalue weighted by atomic mass is 16.5. The van der Waals surface area contributed by atoms with Gasteiger partial charge in [0.2, 0.25) is 0 Å². The van der Waals surface area contributed by atoms with Gasteiger partial charge in [-0.25, -0.2) is 0 Å². The molecule has 16 heavy (non-hydrogen) atoms. The van der Waals surface area contributed by atoms with Crippen LogP contribution in [0.25, 0.3) is 0 Å². The predicted molar refractivity (Wildman–Crippen MR) is 60.7 cm³/mol. The van der Waals surface area contributed by atoms with E-state index < -0.39 is 5.54 Å². The number of nitrogens with zero attached hydrogens (tertiary/aromatic N) is 1. The Morgan fingerprint density at radius 1 is 1.50 bits per heavy atom. The number of rotatable bonds is 2. The van der Waals surface area contributed by atoms with E-state index in [2.05, 4.69) is 17.3 Å². The lowest BCUT2D eigenvalue weighted by Gasteiger charge is -2.33. The van der Waals surface area contributed by atoms with E-state index in [1.54, 1.807) is 0 Å². The molecule has 0 fully saturated rings. The third-order valence-electron chi connectivity index (χ3n) is 2.76. The molecule has 1 unspecified atom stereocenters. The standard InChI is InChI=1S/C13H12N2O/c1-2-8-15-13(10-14)7-9-16-12-6-4-3-5-11(12)13/h1,3-6,15H,7-9H2. The molecule has 3 nitrogen and oxygen atoms in total. The number of ether oxygens (including phenoxy) is 1. The minimum atomic E-state index is -0.707. The van der Waals surface area contributed by atoms with Crippen molar-refractivity contribution in [2.45, 2.75) is 12.0 Å². The summed E-state index contributed by atoms with van der Waals surface area (Å²) in [6.07, 6.45) is 5.84. The smallest absolute Gasteiger partial charge is 0.139 e. The zero-order valence-corrected chi connectivity index (χ0v) is 8.86. The van der Waals surface area contributed by atoms with Crippen molar-refractivity contribution in [3.8, 4) is 24.2 Å². The molecule has 0 bridgehead atoms. The molecule has 80 valence electrons. The molecule has 1 aliphatic rings. The van der Waals surface area contributed by atoms with Gasteiger partial charge in [-0.15, -0.1) is 6.42 Å². The van der Waals surface area contributed by atoms with E-state index in [-0.39, 0.29) is 0 Å². The first kappa shape index (κ1) is 10.5. The van der Waals surface area contributed by atoms with Gasteiger partial charge in [0, 0.05) is 12.0 Å². The van der Waals surface area contributed by atoms with Crippen LogP contribution >= 0.6 is 0 Å². The minimum Gasteiger partial charge on any atom is -0.493 e. The summed E-state index contributed by atoms with van der Waals surface area (Å²) in [4.78, 5) is 0. The van der Waals surface area contributed by atoms with Gasteiger partial charge >= 0.3 is 0 Å². The van der Waals surface area contributed by atoms with Crippen LogP contribution in [-0.4, -0.2) is 13.2 Å². The summed E-state index contributed by atoms with van der Waals surface area (Å²) in [7, 11) is 0. The molecule has 2 rings (SSSR count). The highest BCUT2D eigenvalue weighted by Gasteiger charge is 2.37. The molecule has 0 saturated heterocycles. The maximum Gasteiger partial charge on any atom is 0.139 e. The highest BCUT2D eigenvalue weighted by molar-refractivity contribution is 5.44. The molecule has 3 heteroatoms. The highest BCUT2D eigenvalue weighted by Crippen LogP contribution is 2.36. The van der Waals surface area contributed by atoms with Gasteiger partial charge in [0.25, 0.3) is 0 Å². The number of fused-ring (bicyclic) bond motifs is 1. The molecule has 0 radical (unpaired) electrons. The van der Waals surface area contributed by atoms with Gasteiger partial charge in [-0.3, -0.25) is 5.32 Å². The molecule has 0 spiro atoms. The summed E-state index contributed by atoms with van der Waals surface area (Å²) in [5, 5.41) is 12.5. The first-order valence-corrected chi connectivity index (χ1v) is 5.14. The van der Waals surface area contributed by atoms with Crippen molar-refractivity contribution in [3.63, 3.8) is 0 Å². The Kier molecular flexibility index (Phi) is 2.81. The van der Waals surface area contributed by atoms with Gasteiger partial charge in [-0.05, 0) is 6.07 Å². The summed E-state index contributed by atoms with van der Waals surface area (Å²) in [5.41, 5.74) is 0.167. The summed E-state index contributed by atoms with van der Waals surface area (Å²) in [6, 6.07) is 9.90. The van der Waals surface area contributed by atoms with Crippen molar-refractivity contribution < 1.29 is 4.74 Å². The van der Waals surface area contributed by atoms with Crippen LogP contribution in [0.4, 0.5) is 0 Å². The monoisotopic (exact) mass is 212 g/mol. The Hall–Kier alpha value is -1.97. The van der Waals surface area contributed by atoms with Crippen molar-refractivity contribution >= 4 is 0 Å². The second-order valence-corrected chi connectivity index (χ2v) is 3.67. The van der Waals surface area contributed by atoms with Gasteiger partial charge in [0.15, 0.2) is 0 Å². The van der Waals surface area contributed by atoms with E-state index in [0.717, 1.165) is 11.3 Å². The van der Waals surface area contributed by atoms with Gasteiger partial charge < -0.3 is 4.74 Å². The molecule has 0 aliphatic carbocycles. The van der Waals surface area contributed by atoms with E-state index >= 15 is 0 Å². The predicted octanol–water partition coefficient (Wildman–Crippen LogP) is 1.41. The fourth-order valence-corrected chi connectivity index (χ4v) is 1.94. The van der Waals surface area contributed by atoms with Crippen molar-refractivity contribution in [1.82, 2.24) is 5.32 Å². The maximum absolute atomic E-state index is 9.38. The van der Waals surface area contributed by atoms with Gasteiger partial charge in [0.05, 0.1) is 19.2 Å². The third kappa shape index (κ3) is 1.62. The Morgan fingerprint density at radius 2 is 2.31 bits per heavy atom. The molecule has 1 aromatic carbocycles. The van der Waals surface area contributed by atoms with E-state index in [4.69, 9.17) is 11.2 Å². The molecule has 1 N–H and O–H groups in total. The summed E-state index contributed by atoms with van der Waals surface area (Å²) in [6.45, 7) is 0.907. The Labute approximate surface area is 95.0 Å². The summed E-state index contributed by atoms with van der Waals surface area (Å²) in [5.74, 6) is 3.27. The zero-order valence-electron chi connectivity index (χ0n) is 8.86. The third-order valence-corrected chi connectivity index (χ3v) is 2.76. The first-order chi connectivity index (χ1) is 7.82. The number of benzene rings is 1. The van der Waals surface area contributed by atoms with Gasteiger partial charge in [0.1, 0.15) is 11.3 Å². The molecule has 1 aromatic rings. The number of nitriles is 1. The lowest BCUT2D eigenvalue weighted by atomic mass is 9.86. The Bertz CT molecular complexity index is 470. The number of nitrogens with one attached hydrogen (secondary N) is 1. The first-order valence-electron chi connectivity index (χ1n) is 5.14. The lowest BCUT2D eigenvalue weighted by Crippen LogP contribution is -2.45. The van der Waals surface area contributed by atoms with Crippen LogP contribution < -0.4 is 10.1 Å². The van der Waals surface area contributed by atoms with Crippen LogP contribution in [0.1, 0.15) is 12.0 Å². The normalized spacial score (nSPS) is 22.4. The minimum absolute atomic E-state index is 0.377. The molecule has 0 aromatic heterocycles. The van der Waals surface area contributed by atoms with E-state index in [1.165, 1.54) is 0 Å². The number of hydrogen-bond acceptors (Lipinski definition) is 3. The van der Waals surface area contributed by atoms with Crippen LogP contribution in [0, 0.1) is 23.7 Å². The van der Waals surface area contributed by atoms with Crippen LogP contribution in [-0.2, 0) is 5.54 Å². The lowest BCUT2D eigenvalue weighted by molar-refractivity contribution is 0.224. The largest absolute Gasteiger partial charge is 0.493 e. The van der Waals surface area contributed by atoms with Crippen molar-refractivity contribution in [1.29, 1.82) is 5.26 Å².